The van der Waals surface area contributed by atoms with Crippen molar-refractivity contribution in [2.75, 3.05) is 11.6 Å². The average molecular weight is 249 g/mol. The SMILES string of the molecule is C(=NC1=NN(c2ccccc2)CC1)c1ccccc1. The number of benzene rings is 2. The van der Waals surface area contributed by atoms with Crippen LogP contribution in [0.4, 0.5) is 5.69 Å². The second-order valence-electron chi connectivity index (χ2n) is 4.39. The highest BCUT2D eigenvalue weighted by atomic mass is 15.5. The summed E-state index contributed by atoms with van der Waals surface area (Å²) in [5.41, 5.74) is 2.22. The molecule has 3 nitrogen and oxygen atoms in total. The highest BCUT2D eigenvalue weighted by Crippen LogP contribution is 2.18. The maximum absolute atomic E-state index is 4.53. The minimum absolute atomic E-state index is 0.882. The molecule has 19 heavy (non-hydrogen) atoms. The Hall–Kier alpha value is -2.42. The smallest absolute Gasteiger partial charge is 0.150 e. The Morgan fingerprint density at radius 1 is 0.947 bits per heavy atom. The number of para-hydroxylation sites is 1. The lowest BCUT2D eigenvalue weighted by molar-refractivity contribution is 0.922. The summed E-state index contributed by atoms with van der Waals surface area (Å²) in [7, 11) is 0. The molecule has 94 valence electrons. The first-order valence-electron chi connectivity index (χ1n) is 6.41. The highest BCUT2D eigenvalue weighted by molar-refractivity contribution is 5.96. The fourth-order valence-corrected chi connectivity index (χ4v) is 2.01. The lowest BCUT2D eigenvalue weighted by Crippen LogP contribution is -2.11. The molecule has 0 amide bonds. The van der Waals surface area contributed by atoms with Crippen LogP contribution in [0.2, 0.25) is 0 Å². The number of rotatable bonds is 2. The van der Waals surface area contributed by atoms with Gasteiger partial charge in [0, 0.05) is 19.2 Å². The van der Waals surface area contributed by atoms with Gasteiger partial charge in [-0.2, -0.15) is 5.10 Å². The number of aliphatic imine (C=N–C) groups is 1. The van der Waals surface area contributed by atoms with Crippen LogP contribution in [0, 0.1) is 0 Å². The summed E-state index contributed by atoms with van der Waals surface area (Å²) in [6.07, 6.45) is 2.76. The van der Waals surface area contributed by atoms with Gasteiger partial charge in [0.05, 0.1) is 5.69 Å². The molecule has 0 bridgehead atoms. The number of hydrazone groups is 1. The molecule has 0 saturated carbocycles. The van der Waals surface area contributed by atoms with Crippen LogP contribution < -0.4 is 5.01 Å². The molecule has 1 heterocycles. The molecule has 3 heteroatoms. The number of hydrogen-bond donors (Lipinski definition) is 0. The van der Waals surface area contributed by atoms with Gasteiger partial charge in [0.2, 0.25) is 0 Å². The zero-order valence-corrected chi connectivity index (χ0v) is 10.6. The zero-order valence-electron chi connectivity index (χ0n) is 10.6. The Morgan fingerprint density at radius 2 is 1.63 bits per heavy atom. The minimum atomic E-state index is 0.882. The largest absolute Gasteiger partial charge is 0.263 e. The summed E-state index contributed by atoms with van der Waals surface area (Å²) in [5, 5.41) is 6.52. The van der Waals surface area contributed by atoms with E-state index in [0.29, 0.717) is 0 Å². The van der Waals surface area contributed by atoms with Crippen molar-refractivity contribution in [1.82, 2.24) is 0 Å². The molecule has 0 atom stereocenters. The quantitative estimate of drug-likeness (QED) is 0.750. The molecular weight excluding hydrogens is 234 g/mol. The summed E-state index contributed by atoms with van der Waals surface area (Å²) in [6.45, 7) is 0.894. The van der Waals surface area contributed by atoms with Crippen molar-refractivity contribution in [3.63, 3.8) is 0 Å². The standard InChI is InChI=1S/C16H15N3/c1-3-7-14(8-4-1)13-17-16-11-12-19(18-16)15-9-5-2-6-10-15/h1-10,13H,11-12H2. The summed E-state index contributed by atoms with van der Waals surface area (Å²) < 4.78 is 0. The Labute approximate surface area is 112 Å². The van der Waals surface area contributed by atoms with Crippen molar-refractivity contribution >= 4 is 17.7 Å². The molecular formula is C16H15N3. The first-order valence-corrected chi connectivity index (χ1v) is 6.41. The number of hydrogen-bond acceptors (Lipinski definition) is 3. The van der Waals surface area contributed by atoms with Gasteiger partial charge in [0.15, 0.2) is 5.84 Å². The number of anilines is 1. The van der Waals surface area contributed by atoms with Crippen molar-refractivity contribution in [2.24, 2.45) is 10.1 Å². The van der Waals surface area contributed by atoms with E-state index in [9.17, 15) is 0 Å². The van der Waals surface area contributed by atoms with Crippen LogP contribution in [-0.4, -0.2) is 18.6 Å². The molecule has 2 aromatic carbocycles. The predicted molar refractivity (Wildman–Crippen MR) is 79.9 cm³/mol. The number of nitrogens with zero attached hydrogens (tertiary/aromatic N) is 3. The number of amidine groups is 1. The molecule has 0 spiro atoms. The van der Waals surface area contributed by atoms with Gasteiger partial charge in [-0.1, -0.05) is 48.5 Å². The van der Waals surface area contributed by atoms with E-state index in [-0.39, 0.29) is 0 Å². The maximum Gasteiger partial charge on any atom is 0.150 e. The van der Waals surface area contributed by atoms with Gasteiger partial charge in [-0.05, 0) is 17.7 Å². The van der Waals surface area contributed by atoms with Gasteiger partial charge in [-0.15, -0.1) is 0 Å². The minimum Gasteiger partial charge on any atom is -0.263 e. The van der Waals surface area contributed by atoms with Crippen molar-refractivity contribution in [2.45, 2.75) is 6.42 Å². The van der Waals surface area contributed by atoms with Gasteiger partial charge in [-0.3, -0.25) is 5.01 Å². The molecule has 2 aromatic rings. The van der Waals surface area contributed by atoms with E-state index in [4.69, 9.17) is 0 Å². The van der Waals surface area contributed by atoms with Gasteiger partial charge in [0.1, 0.15) is 0 Å². The summed E-state index contributed by atoms with van der Waals surface area (Å²) >= 11 is 0. The molecule has 3 rings (SSSR count). The third-order valence-corrected chi connectivity index (χ3v) is 3.00. The molecule has 0 aliphatic carbocycles. The van der Waals surface area contributed by atoms with E-state index in [0.717, 1.165) is 30.1 Å². The van der Waals surface area contributed by atoms with Crippen LogP contribution >= 0.6 is 0 Å². The topological polar surface area (TPSA) is 28.0 Å². The Kier molecular flexibility index (Phi) is 3.36. The molecule has 0 radical (unpaired) electrons. The summed E-state index contributed by atoms with van der Waals surface area (Å²) in [4.78, 5) is 4.45. The maximum atomic E-state index is 4.53. The molecule has 1 aliphatic heterocycles. The second kappa shape index (κ2) is 5.48. The van der Waals surface area contributed by atoms with E-state index in [1.807, 2.05) is 59.8 Å². The zero-order chi connectivity index (χ0) is 12.9. The van der Waals surface area contributed by atoms with Crippen LogP contribution in [0.25, 0.3) is 0 Å². The molecule has 0 aromatic heterocycles. The van der Waals surface area contributed by atoms with E-state index < -0.39 is 0 Å². The van der Waals surface area contributed by atoms with Crippen molar-refractivity contribution < 1.29 is 0 Å². The fourth-order valence-electron chi connectivity index (χ4n) is 2.01. The molecule has 1 aliphatic rings. The third-order valence-electron chi connectivity index (χ3n) is 3.00. The van der Waals surface area contributed by atoms with Crippen molar-refractivity contribution in [3.05, 3.63) is 66.2 Å². The van der Waals surface area contributed by atoms with Crippen LogP contribution in [0.15, 0.2) is 70.8 Å². The lowest BCUT2D eigenvalue weighted by atomic mass is 10.2. The molecule has 0 saturated heterocycles. The van der Waals surface area contributed by atoms with Crippen LogP contribution in [0.1, 0.15) is 12.0 Å². The first-order chi connectivity index (χ1) is 9.42. The van der Waals surface area contributed by atoms with Gasteiger partial charge in [0.25, 0.3) is 0 Å². The van der Waals surface area contributed by atoms with Crippen molar-refractivity contribution in [3.8, 4) is 0 Å². The summed E-state index contributed by atoms with van der Waals surface area (Å²) in [5.74, 6) is 0.882. The highest BCUT2D eigenvalue weighted by Gasteiger charge is 2.14. The van der Waals surface area contributed by atoms with Crippen LogP contribution in [0.3, 0.4) is 0 Å². The third kappa shape index (κ3) is 2.88. The Morgan fingerprint density at radius 3 is 2.37 bits per heavy atom. The Balaban J connectivity index is 1.72. The average Bonchev–Trinajstić information content (AvgIpc) is 2.96. The van der Waals surface area contributed by atoms with E-state index in [1.54, 1.807) is 0 Å². The fraction of sp³-hybridized carbons (Fsp3) is 0.125. The predicted octanol–water partition coefficient (Wildman–Crippen LogP) is 3.33. The van der Waals surface area contributed by atoms with Crippen molar-refractivity contribution in [1.29, 1.82) is 0 Å². The van der Waals surface area contributed by atoms with E-state index in [1.165, 1.54) is 0 Å². The van der Waals surface area contributed by atoms with E-state index >= 15 is 0 Å². The van der Waals surface area contributed by atoms with Crippen LogP contribution in [-0.2, 0) is 0 Å². The van der Waals surface area contributed by atoms with E-state index in [2.05, 4.69) is 22.2 Å². The normalized spacial score (nSPS) is 14.9. The Bertz CT molecular complexity index is 588. The molecule has 0 fully saturated rings. The monoisotopic (exact) mass is 249 g/mol. The van der Waals surface area contributed by atoms with Gasteiger partial charge < -0.3 is 0 Å². The van der Waals surface area contributed by atoms with Crippen LogP contribution in [0.5, 0.6) is 0 Å². The lowest BCUT2D eigenvalue weighted by Gasteiger charge is -2.11. The second-order valence-corrected chi connectivity index (χ2v) is 4.39. The molecule has 0 N–H and O–H groups in total. The molecule has 0 unspecified atom stereocenters. The van der Waals surface area contributed by atoms with Gasteiger partial charge >= 0.3 is 0 Å². The first kappa shape index (κ1) is 11.7. The summed E-state index contributed by atoms with van der Waals surface area (Å²) in [6, 6.07) is 20.3. The van der Waals surface area contributed by atoms with Gasteiger partial charge in [-0.25, -0.2) is 4.99 Å².